The maximum atomic E-state index is 13.8. The van der Waals surface area contributed by atoms with Gasteiger partial charge in [0.1, 0.15) is 17.6 Å². The standard InChI is InChI=1S/C46H54N10O6S/c1-28(2)34-17-35(38(58)18-37(34)57)43(59)55-22-30-4-3-29(15-31(30)23-55)21-52-7-5-46(6-8-52)26-56(27-46)44(60)39-25-53(9-14-62-39)24-33-16-36-40(63-33)42(54-10-12-61-13-11-54)51-41(50-36)32-19-48-45(47)49-20-32/h3-4,15-20,28,39,57-58H,5-14,21-27H2,1-2H3,(H2,47,48,49)/t39-/m0/s1. The molecule has 4 fully saturated rings. The molecule has 0 aliphatic carbocycles. The lowest BCUT2D eigenvalue weighted by molar-refractivity contribution is -0.164. The number of fused-ring (bicyclic) bond motifs is 2. The number of nitrogens with zero attached hydrogens (tertiary/aromatic N) is 9. The number of phenols is 2. The second-order valence-electron chi connectivity index (χ2n) is 18.1. The average Bonchev–Trinajstić information content (AvgIpc) is 3.89. The summed E-state index contributed by atoms with van der Waals surface area (Å²) in [6, 6.07) is 11.5. The Hall–Kier alpha value is -5.46. The first-order valence-corrected chi connectivity index (χ1v) is 22.8. The highest BCUT2D eigenvalue weighted by Crippen LogP contribution is 2.42. The number of thiophene rings is 1. The van der Waals surface area contributed by atoms with Gasteiger partial charge in [-0.3, -0.25) is 19.4 Å². The Bertz CT molecular complexity index is 2530. The number of aromatic hydroxyl groups is 2. The molecule has 5 aliphatic rings. The van der Waals surface area contributed by atoms with Crippen LogP contribution < -0.4 is 10.6 Å². The molecule has 0 bridgehead atoms. The van der Waals surface area contributed by atoms with Gasteiger partial charge in [0.05, 0.1) is 41.2 Å². The van der Waals surface area contributed by atoms with Crippen LogP contribution in [0.15, 0.2) is 48.8 Å². The van der Waals surface area contributed by atoms with Crippen LogP contribution in [0.4, 0.5) is 11.8 Å². The number of hydrogen-bond donors (Lipinski definition) is 3. The van der Waals surface area contributed by atoms with Crippen molar-refractivity contribution in [3.63, 3.8) is 0 Å². The van der Waals surface area contributed by atoms with Gasteiger partial charge in [0.25, 0.3) is 11.8 Å². The molecule has 2 amide bonds. The summed E-state index contributed by atoms with van der Waals surface area (Å²) >= 11 is 1.70. The van der Waals surface area contributed by atoms with Crippen LogP contribution in [-0.2, 0) is 40.4 Å². The zero-order chi connectivity index (χ0) is 43.4. The number of anilines is 2. The van der Waals surface area contributed by atoms with Crippen LogP contribution in [0.3, 0.4) is 0 Å². The number of carbonyl (C=O) groups is 2. The van der Waals surface area contributed by atoms with Gasteiger partial charge in [-0.2, -0.15) is 0 Å². The Balaban J connectivity index is 0.720. The number of rotatable bonds is 9. The van der Waals surface area contributed by atoms with Crippen molar-refractivity contribution in [3.05, 3.63) is 81.5 Å². The predicted molar refractivity (Wildman–Crippen MR) is 238 cm³/mol. The lowest BCUT2D eigenvalue weighted by atomic mass is 9.71. The highest BCUT2D eigenvalue weighted by molar-refractivity contribution is 7.19. The molecule has 0 radical (unpaired) electrons. The average molecular weight is 875 g/mol. The molecule has 3 aromatic heterocycles. The van der Waals surface area contributed by atoms with Crippen LogP contribution in [0.1, 0.15) is 70.1 Å². The smallest absolute Gasteiger partial charge is 0.258 e. The van der Waals surface area contributed by atoms with Crippen LogP contribution in [0.2, 0.25) is 0 Å². The van der Waals surface area contributed by atoms with Crippen LogP contribution in [0.25, 0.3) is 21.6 Å². The number of nitrogen functional groups attached to an aromatic ring is 1. The molecule has 5 aliphatic heterocycles. The summed E-state index contributed by atoms with van der Waals surface area (Å²) in [5, 5.41) is 20.8. The van der Waals surface area contributed by atoms with Crippen molar-refractivity contribution in [2.45, 2.75) is 64.9 Å². The summed E-state index contributed by atoms with van der Waals surface area (Å²) in [5.41, 5.74) is 11.8. The van der Waals surface area contributed by atoms with E-state index in [4.69, 9.17) is 25.2 Å². The van der Waals surface area contributed by atoms with Crippen molar-refractivity contribution >= 4 is 45.1 Å². The molecule has 8 heterocycles. The fourth-order valence-corrected chi connectivity index (χ4v) is 11.0. The Morgan fingerprint density at radius 3 is 2.40 bits per heavy atom. The van der Waals surface area contributed by atoms with E-state index in [1.165, 1.54) is 11.6 Å². The molecular weight excluding hydrogens is 821 g/mol. The third kappa shape index (κ3) is 8.40. The molecule has 1 spiro atoms. The van der Waals surface area contributed by atoms with E-state index in [1.807, 2.05) is 18.7 Å². The zero-order valence-electron chi connectivity index (χ0n) is 35.8. The molecule has 17 heteroatoms. The number of morpholine rings is 2. The molecule has 5 aromatic rings. The van der Waals surface area contributed by atoms with Gasteiger partial charge in [-0.15, -0.1) is 11.3 Å². The second kappa shape index (κ2) is 16.9. The number of phenolic OH excluding ortho intramolecular Hbond substituents is 2. The number of amides is 2. The van der Waals surface area contributed by atoms with E-state index >= 15 is 0 Å². The molecule has 4 saturated heterocycles. The maximum Gasteiger partial charge on any atom is 0.258 e. The summed E-state index contributed by atoms with van der Waals surface area (Å²) in [5.74, 6) is 1.31. The first-order chi connectivity index (χ1) is 30.5. The van der Waals surface area contributed by atoms with E-state index in [1.54, 1.807) is 34.7 Å². The SMILES string of the molecule is CC(C)c1cc(C(=O)N2Cc3ccc(CN4CCC5(CC4)CN(C(=O)[C@@H]4CN(Cc6cc7nc(-c8cnc(N)nc8)nc(N8CCOCC8)c7s6)CCO4)C5)cc3C2)c(O)cc1O. The number of nitrogens with two attached hydrogens (primary N) is 1. The minimum atomic E-state index is -0.485. The molecule has 63 heavy (non-hydrogen) atoms. The topological polar surface area (TPSA) is 187 Å². The summed E-state index contributed by atoms with van der Waals surface area (Å²) in [6.45, 7) is 14.5. The van der Waals surface area contributed by atoms with Gasteiger partial charge in [-0.1, -0.05) is 32.0 Å². The normalized spacial score (nSPS) is 20.4. The van der Waals surface area contributed by atoms with Gasteiger partial charge in [-0.05, 0) is 66.2 Å². The number of likely N-dealkylation sites (tertiary alicyclic amines) is 2. The molecule has 330 valence electrons. The molecule has 0 saturated carbocycles. The van der Waals surface area contributed by atoms with Gasteiger partial charge >= 0.3 is 0 Å². The van der Waals surface area contributed by atoms with Crippen molar-refractivity contribution in [2.24, 2.45) is 5.41 Å². The third-order valence-corrected chi connectivity index (χ3v) is 14.5. The van der Waals surface area contributed by atoms with Crippen molar-refractivity contribution in [2.75, 3.05) is 82.8 Å². The Morgan fingerprint density at radius 2 is 1.63 bits per heavy atom. The van der Waals surface area contributed by atoms with E-state index in [-0.39, 0.29) is 46.2 Å². The minimum absolute atomic E-state index is 0.0000151. The van der Waals surface area contributed by atoms with Gasteiger partial charge < -0.3 is 40.1 Å². The van der Waals surface area contributed by atoms with Crippen LogP contribution >= 0.6 is 11.3 Å². The highest BCUT2D eigenvalue weighted by Gasteiger charge is 2.48. The summed E-state index contributed by atoms with van der Waals surface area (Å²) in [6.07, 6.45) is 4.92. The third-order valence-electron chi connectivity index (χ3n) is 13.4. The van der Waals surface area contributed by atoms with Gasteiger partial charge in [0.15, 0.2) is 11.6 Å². The second-order valence-corrected chi connectivity index (χ2v) is 19.3. The quantitative estimate of drug-likeness (QED) is 0.187. The molecule has 10 rings (SSSR count). The van der Waals surface area contributed by atoms with E-state index < -0.39 is 6.10 Å². The largest absolute Gasteiger partial charge is 0.508 e. The maximum absolute atomic E-state index is 13.8. The van der Waals surface area contributed by atoms with Crippen LogP contribution in [0.5, 0.6) is 11.5 Å². The fraction of sp³-hybridized carbons (Fsp3) is 0.478. The van der Waals surface area contributed by atoms with E-state index in [9.17, 15) is 19.8 Å². The molecule has 4 N–H and O–H groups in total. The summed E-state index contributed by atoms with van der Waals surface area (Å²) in [4.78, 5) is 57.6. The molecule has 1 atom stereocenters. The van der Waals surface area contributed by atoms with Crippen LogP contribution in [-0.4, -0.2) is 140 Å². The molecule has 2 aromatic carbocycles. The first kappa shape index (κ1) is 41.5. The molecular formula is C46H54N10O6S. The van der Waals surface area contributed by atoms with E-state index in [0.717, 1.165) is 97.2 Å². The number of piperidine rings is 1. The first-order valence-electron chi connectivity index (χ1n) is 22.0. The monoisotopic (exact) mass is 874 g/mol. The molecule has 16 nitrogen and oxygen atoms in total. The van der Waals surface area contributed by atoms with E-state index in [2.05, 4.69) is 48.9 Å². The van der Waals surface area contributed by atoms with Gasteiger partial charge in [-0.25, -0.2) is 19.9 Å². The van der Waals surface area contributed by atoms with Gasteiger partial charge in [0, 0.05) is 94.2 Å². The Morgan fingerprint density at radius 1 is 0.873 bits per heavy atom. The summed E-state index contributed by atoms with van der Waals surface area (Å²) < 4.78 is 12.8. The number of aromatic nitrogens is 4. The molecule has 0 unspecified atom stereocenters. The number of benzene rings is 2. The predicted octanol–water partition coefficient (Wildman–Crippen LogP) is 4.58. The minimum Gasteiger partial charge on any atom is -0.508 e. The number of carbonyl (C=O) groups excluding carboxylic acids is 2. The Kier molecular flexibility index (Phi) is 11.2. The van der Waals surface area contributed by atoms with Crippen LogP contribution in [0, 0.1) is 5.41 Å². The lowest BCUT2D eigenvalue weighted by Crippen LogP contribution is -2.64. The van der Waals surface area contributed by atoms with Gasteiger partial charge in [0.2, 0.25) is 5.95 Å². The van der Waals surface area contributed by atoms with Crippen molar-refractivity contribution < 1.29 is 29.3 Å². The van der Waals surface area contributed by atoms with Crippen molar-refractivity contribution in [1.82, 2.24) is 39.5 Å². The summed E-state index contributed by atoms with van der Waals surface area (Å²) in [7, 11) is 0. The van der Waals surface area contributed by atoms with Crippen molar-refractivity contribution in [1.29, 1.82) is 0 Å². The number of hydrogen-bond acceptors (Lipinski definition) is 15. The Labute approximate surface area is 370 Å². The lowest BCUT2D eigenvalue weighted by Gasteiger charge is -2.54. The fourth-order valence-electron chi connectivity index (χ4n) is 9.80. The van der Waals surface area contributed by atoms with E-state index in [0.29, 0.717) is 63.0 Å². The van der Waals surface area contributed by atoms with Crippen molar-refractivity contribution in [3.8, 4) is 22.9 Å². The zero-order valence-corrected chi connectivity index (χ0v) is 36.6. The number of ether oxygens (including phenoxy) is 2. The highest BCUT2D eigenvalue weighted by atomic mass is 32.1.